The number of ether oxygens (including phenoxy) is 1. The number of carbonyl (C=O) groups is 1. The summed E-state index contributed by atoms with van der Waals surface area (Å²) < 4.78 is 4.48. The summed E-state index contributed by atoms with van der Waals surface area (Å²) in [7, 11) is 1.33. The second-order valence-electron chi connectivity index (χ2n) is 2.06. The summed E-state index contributed by atoms with van der Waals surface area (Å²) in [5.74, 6) is -0.400. The van der Waals surface area contributed by atoms with Gasteiger partial charge in [-0.25, -0.2) is 0 Å². The fourth-order valence-corrected chi connectivity index (χ4v) is 1.41. The Labute approximate surface area is 68.8 Å². The second-order valence-corrected chi connectivity index (χ2v) is 2.84. The molecule has 0 aliphatic rings. The lowest BCUT2D eigenvalue weighted by molar-refractivity contribution is -0.142. The van der Waals surface area contributed by atoms with Crippen molar-refractivity contribution in [2.75, 3.05) is 7.11 Å². The number of hydrogen-bond acceptors (Lipinski definition) is 4. The van der Waals surface area contributed by atoms with Crippen LogP contribution in [0.1, 0.15) is 11.6 Å². The van der Waals surface area contributed by atoms with Crippen molar-refractivity contribution < 1.29 is 9.53 Å². The highest BCUT2D eigenvalue weighted by atomic mass is 32.1. The predicted octanol–water partition coefficient (Wildman–Crippen LogP) is 0.921. The van der Waals surface area contributed by atoms with Crippen molar-refractivity contribution in [3.8, 4) is 0 Å². The van der Waals surface area contributed by atoms with Gasteiger partial charge in [0.2, 0.25) is 0 Å². The fourth-order valence-electron chi connectivity index (χ4n) is 0.715. The first-order valence-corrected chi connectivity index (χ1v) is 4.05. The van der Waals surface area contributed by atoms with Gasteiger partial charge in [0.25, 0.3) is 0 Å². The lowest BCUT2D eigenvalue weighted by atomic mass is 10.2. The number of nitrogens with two attached hydrogens (primary N) is 1. The molecule has 1 heterocycles. The summed E-state index contributed by atoms with van der Waals surface area (Å²) in [6, 6.07) is 1.18. The van der Waals surface area contributed by atoms with Crippen LogP contribution < -0.4 is 5.73 Å². The highest BCUT2D eigenvalue weighted by Crippen LogP contribution is 2.14. The van der Waals surface area contributed by atoms with Crippen molar-refractivity contribution in [2.24, 2.45) is 5.73 Å². The Morgan fingerprint density at radius 3 is 3.00 bits per heavy atom. The van der Waals surface area contributed by atoms with E-state index in [1.807, 2.05) is 16.8 Å². The molecule has 60 valence electrons. The maximum Gasteiger partial charge on any atom is 0.327 e. The SMILES string of the molecule is COC(=O)C(N)c1ccsc1. The van der Waals surface area contributed by atoms with Gasteiger partial charge < -0.3 is 10.5 Å². The number of esters is 1. The molecule has 11 heavy (non-hydrogen) atoms. The van der Waals surface area contributed by atoms with Crippen LogP contribution in [0, 0.1) is 0 Å². The monoisotopic (exact) mass is 171 g/mol. The Hall–Kier alpha value is -0.870. The summed E-state index contributed by atoms with van der Waals surface area (Å²) in [6.45, 7) is 0. The molecular formula is C7H9NO2S. The first kappa shape index (κ1) is 8.23. The summed E-state index contributed by atoms with van der Waals surface area (Å²) in [4.78, 5) is 10.9. The van der Waals surface area contributed by atoms with Crippen molar-refractivity contribution >= 4 is 17.3 Å². The van der Waals surface area contributed by atoms with Gasteiger partial charge >= 0.3 is 5.97 Å². The van der Waals surface area contributed by atoms with E-state index >= 15 is 0 Å². The van der Waals surface area contributed by atoms with E-state index < -0.39 is 12.0 Å². The lowest BCUT2D eigenvalue weighted by Crippen LogP contribution is -2.21. The van der Waals surface area contributed by atoms with Gasteiger partial charge in [0, 0.05) is 0 Å². The van der Waals surface area contributed by atoms with E-state index in [4.69, 9.17) is 5.73 Å². The Balaban J connectivity index is 2.70. The normalized spacial score (nSPS) is 12.5. The van der Waals surface area contributed by atoms with Crippen molar-refractivity contribution in [1.29, 1.82) is 0 Å². The molecule has 0 saturated heterocycles. The van der Waals surface area contributed by atoms with Crippen LogP contribution in [0.25, 0.3) is 0 Å². The summed E-state index contributed by atoms with van der Waals surface area (Å²) >= 11 is 1.51. The number of carbonyl (C=O) groups excluding carboxylic acids is 1. The van der Waals surface area contributed by atoms with Crippen LogP contribution in [0.2, 0.25) is 0 Å². The minimum absolute atomic E-state index is 0.400. The van der Waals surface area contributed by atoms with Crippen LogP contribution in [0.5, 0.6) is 0 Å². The van der Waals surface area contributed by atoms with Gasteiger partial charge in [-0.3, -0.25) is 4.79 Å². The predicted molar refractivity (Wildman–Crippen MR) is 43.3 cm³/mol. The molecular weight excluding hydrogens is 162 g/mol. The van der Waals surface area contributed by atoms with E-state index in [2.05, 4.69) is 4.74 Å². The van der Waals surface area contributed by atoms with Crippen LogP contribution in [-0.2, 0) is 9.53 Å². The third kappa shape index (κ3) is 1.78. The Morgan fingerprint density at radius 2 is 2.55 bits per heavy atom. The maximum absolute atomic E-state index is 10.9. The summed E-state index contributed by atoms with van der Waals surface area (Å²) in [5, 5.41) is 3.71. The van der Waals surface area contributed by atoms with E-state index in [0.29, 0.717) is 0 Å². The number of thiophene rings is 1. The first-order chi connectivity index (χ1) is 5.25. The average molecular weight is 171 g/mol. The molecule has 1 aromatic rings. The molecule has 4 heteroatoms. The number of methoxy groups -OCH3 is 1. The molecule has 1 unspecified atom stereocenters. The third-order valence-corrected chi connectivity index (χ3v) is 2.06. The lowest BCUT2D eigenvalue weighted by Gasteiger charge is -2.05. The van der Waals surface area contributed by atoms with Crippen molar-refractivity contribution in [1.82, 2.24) is 0 Å². The largest absolute Gasteiger partial charge is 0.468 e. The third-order valence-electron chi connectivity index (χ3n) is 1.36. The van der Waals surface area contributed by atoms with Gasteiger partial charge in [0.05, 0.1) is 7.11 Å². The molecule has 0 fully saturated rings. The molecule has 0 aliphatic heterocycles. The zero-order valence-corrected chi connectivity index (χ0v) is 6.93. The van der Waals surface area contributed by atoms with Crippen LogP contribution in [0.15, 0.2) is 16.8 Å². The van der Waals surface area contributed by atoms with Crippen LogP contribution >= 0.6 is 11.3 Å². The maximum atomic E-state index is 10.9. The quantitative estimate of drug-likeness (QED) is 0.673. The van der Waals surface area contributed by atoms with Crippen molar-refractivity contribution in [2.45, 2.75) is 6.04 Å². The molecule has 3 nitrogen and oxygen atoms in total. The Morgan fingerprint density at radius 1 is 1.82 bits per heavy atom. The van der Waals surface area contributed by atoms with E-state index in [9.17, 15) is 4.79 Å². The van der Waals surface area contributed by atoms with Crippen LogP contribution in [-0.4, -0.2) is 13.1 Å². The minimum atomic E-state index is -0.633. The van der Waals surface area contributed by atoms with E-state index in [1.54, 1.807) is 0 Å². The second kappa shape index (κ2) is 3.50. The molecule has 0 bridgehead atoms. The molecule has 1 rings (SSSR count). The molecule has 2 N–H and O–H groups in total. The number of hydrogen-bond donors (Lipinski definition) is 1. The van der Waals surface area contributed by atoms with Crippen molar-refractivity contribution in [3.63, 3.8) is 0 Å². The zero-order valence-electron chi connectivity index (χ0n) is 6.11. The van der Waals surface area contributed by atoms with Crippen LogP contribution in [0.4, 0.5) is 0 Å². The standard InChI is InChI=1S/C7H9NO2S/c1-10-7(9)6(8)5-2-3-11-4-5/h2-4,6H,8H2,1H3. The summed E-state index contributed by atoms with van der Waals surface area (Å²) in [6.07, 6.45) is 0. The molecule has 0 aromatic carbocycles. The van der Waals surface area contributed by atoms with E-state index in [1.165, 1.54) is 18.4 Å². The average Bonchev–Trinajstić information content (AvgIpc) is 2.53. The molecule has 0 radical (unpaired) electrons. The molecule has 0 aliphatic carbocycles. The first-order valence-electron chi connectivity index (χ1n) is 3.11. The molecule has 0 amide bonds. The van der Waals surface area contributed by atoms with E-state index in [-0.39, 0.29) is 0 Å². The Bertz CT molecular complexity index is 233. The number of rotatable bonds is 2. The summed E-state index contributed by atoms with van der Waals surface area (Å²) in [5.41, 5.74) is 6.33. The minimum Gasteiger partial charge on any atom is -0.468 e. The highest BCUT2D eigenvalue weighted by molar-refractivity contribution is 7.08. The van der Waals surface area contributed by atoms with Gasteiger partial charge in [0.15, 0.2) is 0 Å². The molecule has 0 spiro atoms. The fraction of sp³-hybridized carbons (Fsp3) is 0.286. The van der Waals surface area contributed by atoms with Gasteiger partial charge in [-0.2, -0.15) is 11.3 Å². The zero-order chi connectivity index (χ0) is 8.27. The van der Waals surface area contributed by atoms with E-state index in [0.717, 1.165) is 5.56 Å². The van der Waals surface area contributed by atoms with Crippen molar-refractivity contribution in [3.05, 3.63) is 22.4 Å². The van der Waals surface area contributed by atoms with Gasteiger partial charge in [-0.1, -0.05) is 0 Å². The molecule has 0 saturated carbocycles. The Kier molecular flexibility index (Phi) is 2.62. The van der Waals surface area contributed by atoms with Crippen LogP contribution in [0.3, 0.4) is 0 Å². The smallest absolute Gasteiger partial charge is 0.327 e. The molecule has 1 aromatic heterocycles. The molecule has 1 atom stereocenters. The highest BCUT2D eigenvalue weighted by Gasteiger charge is 2.15. The van der Waals surface area contributed by atoms with Gasteiger partial charge in [0.1, 0.15) is 6.04 Å². The van der Waals surface area contributed by atoms with Gasteiger partial charge in [-0.05, 0) is 22.4 Å². The topological polar surface area (TPSA) is 52.3 Å². The van der Waals surface area contributed by atoms with Gasteiger partial charge in [-0.15, -0.1) is 0 Å².